The van der Waals surface area contributed by atoms with E-state index < -0.39 is 9.84 Å². The lowest BCUT2D eigenvalue weighted by Gasteiger charge is -2.32. The van der Waals surface area contributed by atoms with Gasteiger partial charge in [0.05, 0.1) is 22.5 Å². The maximum absolute atomic E-state index is 12.4. The zero-order chi connectivity index (χ0) is 20.0. The number of nitrogens with one attached hydrogen (secondary N) is 1. The Balaban J connectivity index is 1.41. The Morgan fingerprint density at radius 3 is 2.46 bits per heavy atom. The topological polar surface area (TPSA) is 96.7 Å². The van der Waals surface area contributed by atoms with E-state index in [1.165, 1.54) is 12.5 Å². The van der Waals surface area contributed by atoms with Crippen LogP contribution in [0.3, 0.4) is 0 Å². The lowest BCUT2D eigenvalue weighted by molar-refractivity contribution is -0.132. The summed E-state index contributed by atoms with van der Waals surface area (Å²) in [6, 6.07) is 9.80. The lowest BCUT2D eigenvalue weighted by atomic mass is 9.96. The number of carbonyl (C=O) groups excluding carboxylic acids is 2. The summed E-state index contributed by atoms with van der Waals surface area (Å²) in [6.07, 6.45) is 4.40. The van der Waals surface area contributed by atoms with Gasteiger partial charge in [-0.1, -0.05) is 18.2 Å². The summed E-state index contributed by atoms with van der Waals surface area (Å²) in [5.41, 5.74) is 0.493. The number of piperidine rings is 1. The van der Waals surface area contributed by atoms with Crippen molar-refractivity contribution >= 4 is 21.7 Å². The predicted molar refractivity (Wildman–Crippen MR) is 103 cm³/mol. The van der Waals surface area contributed by atoms with Gasteiger partial charge in [-0.2, -0.15) is 0 Å². The number of hydrogen-bond donors (Lipinski definition) is 1. The van der Waals surface area contributed by atoms with Gasteiger partial charge in [0.25, 0.3) is 5.91 Å². The summed E-state index contributed by atoms with van der Waals surface area (Å²) in [6.45, 7) is 1.71. The molecule has 0 spiro atoms. The van der Waals surface area contributed by atoms with Crippen molar-refractivity contribution in [2.75, 3.05) is 25.4 Å². The van der Waals surface area contributed by atoms with Crippen molar-refractivity contribution in [3.63, 3.8) is 0 Å². The van der Waals surface area contributed by atoms with Crippen LogP contribution in [-0.2, 0) is 14.6 Å². The Bertz CT molecular complexity index is 886. The van der Waals surface area contributed by atoms with E-state index >= 15 is 0 Å². The smallest absolute Gasteiger partial charge is 0.254 e. The first-order valence-corrected chi connectivity index (χ1v) is 11.0. The summed E-state index contributed by atoms with van der Waals surface area (Å²) in [7, 11) is -3.45. The molecule has 1 aliphatic heterocycles. The highest BCUT2D eigenvalue weighted by atomic mass is 32.2. The second-order valence-corrected chi connectivity index (χ2v) is 9.04. The fourth-order valence-electron chi connectivity index (χ4n) is 3.24. The first-order chi connectivity index (χ1) is 13.5. The molecule has 1 fully saturated rings. The average molecular weight is 404 g/mol. The van der Waals surface area contributed by atoms with E-state index in [1.54, 1.807) is 41.3 Å². The predicted octanol–water partition coefficient (Wildman–Crippen LogP) is 2.11. The van der Waals surface area contributed by atoms with E-state index in [4.69, 9.17) is 4.42 Å². The van der Waals surface area contributed by atoms with Crippen LogP contribution < -0.4 is 5.32 Å². The standard InChI is InChI=1S/C20H24N2O5S/c23-19(9-13-28(25,26)18-4-2-1-3-5-18)22-10-6-16(7-11-22)14-21-20(24)17-8-12-27-15-17/h1-5,8,12,15-16H,6-7,9-11,13-14H2,(H,21,24). The number of rotatable bonds is 7. The molecular formula is C20H24N2O5S. The molecule has 28 heavy (non-hydrogen) atoms. The second-order valence-electron chi connectivity index (χ2n) is 6.93. The van der Waals surface area contributed by atoms with Crippen LogP contribution in [0.5, 0.6) is 0 Å². The molecule has 1 aliphatic rings. The van der Waals surface area contributed by atoms with Gasteiger partial charge in [0.2, 0.25) is 5.91 Å². The lowest BCUT2D eigenvalue weighted by Crippen LogP contribution is -2.42. The minimum atomic E-state index is -3.45. The fourth-order valence-corrected chi connectivity index (χ4v) is 4.50. The molecule has 7 nitrogen and oxygen atoms in total. The third kappa shape index (κ3) is 5.22. The molecule has 0 saturated carbocycles. The van der Waals surface area contributed by atoms with Gasteiger partial charge in [0.15, 0.2) is 9.84 Å². The third-order valence-electron chi connectivity index (χ3n) is 4.99. The maximum atomic E-state index is 12.4. The van der Waals surface area contributed by atoms with Crippen LogP contribution in [0.4, 0.5) is 0 Å². The van der Waals surface area contributed by atoms with Gasteiger partial charge in [0, 0.05) is 26.1 Å². The molecule has 0 bridgehead atoms. The Kier molecular flexibility index (Phi) is 6.51. The van der Waals surface area contributed by atoms with Crippen molar-refractivity contribution in [1.29, 1.82) is 0 Å². The van der Waals surface area contributed by atoms with Crippen molar-refractivity contribution in [3.05, 3.63) is 54.5 Å². The molecule has 0 aliphatic carbocycles. The molecule has 0 unspecified atom stereocenters. The van der Waals surface area contributed by atoms with Gasteiger partial charge in [-0.05, 0) is 37.0 Å². The maximum Gasteiger partial charge on any atom is 0.254 e. The van der Waals surface area contributed by atoms with Gasteiger partial charge in [0.1, 0.15) is 6.26 Å². The van der Waals surface area contributed by atoms with E-state index in [0.717, 1.165) is 12.8 Å². The Morgan fingerprint density at radius 2 is 1.82 bits per heavy atom. The average Bonchev–Trinajstić information content (AvgIpc) is 3.26. The van der Waals surface area contributed by atoms with E-state index in [9.17, 15) is 18.0 Å². The van der Waals surface area contributed by atoms with Crippen molar-refractivity contribution in [1.82, 2.24) is 10.2 Å². The first-order valence-electron chi connectivity index (χ1n) is 9.32. The summed E-state index contributed by atoms with van der Waals surface area (Å²) < 4.78 is 29.5. The number of amides is 2. The fraction of sp³-hybridized carbons (Fsp3) is 0.400. The van der Waals surface area contributed by atoms with Crippen LogP contribution in [0.1, 0.15) is 29.6 Å². The zero-order valence-corrected chi connectivity index (χ0v) is 16.4. The van der Waals surface area contributed by atoms with Crippen LogP contribution in [0.15, 0.2) is 58.2 Å². The second kappa shape index (κ2) is 9.05. The van der Waals surface area contributed by atoms with Gasteiger partial charge in [-0.3, -0.25) is 9.59 Å². The molecule has 0 radical (unpaired) electrons. The van der Waals surface area contributed by atoms with Crippen LogP contribution in [0.2, 0.25) is 0 Å². The van der Waals surface area contributed by atoms with Gasteiger partial charge < -0.3 is 14.6 Å². The van der Waals surface area contributed by atoms with Crippen molar-refractivity contribution in [2.24, 2.45) is 5.92 Å². The Morgan fingerprint density at radius 1 is 1.11 bits per heavy atom. The highest BCUT2D eigenvalue weighted by Gasteiger charge is 2.25. The molecule has 150 valence electrons. The van der Waals surface area contributed by atoms with Crippen molar-refractivity contribution < 1.29 is 22.4 Å². The minimum absolute atomic E-state index is 0.0148. The summed E-state index contributed by atoms with van der Waals surface area (Å²) in [5.74, 6) is -0.192. The van der Waals surface area contributed by atoms with Crippen LogP contribution >= 0.6 is 0 Å². The van der Waals surface area contributed by atoms with Crippen LogP contribution in [-0.4, -0.2) is 50.5 Å². The number of nitrogens with zero attached hydrogens (tertiary/aromatic N) is 1. The molecular weight excluding hydrogens is 380 g/mol. The molecule has 1 aromatic heterocycles. The normalized spacial score (nSPS) is 15.4. The molecule has 1 N–H and O–H groups in total. The molecule has 2 amide bonds. The van der Waals surface area contributed by atoms with Crippen molar-refractivity contribution in [2.45, 2.75) is 24.2 Å². The van der Waals surface area contributed by atoms with Gasteiger partial charge in [-0.25, -0.2) is 8.42 Å². The number of carbonyl (C=O) groups is 2. The Hall–Kier alpha value is -2.61. The molecule has 2 heterocycles. The van der Waals surface area contributed by atoms with Crippen molar-refractivity contribution in [3.8, 4) is 0 Å². The number of benzene rings is 1. The first kappa shape index (κ1) is 20.1. The summed E-state index contributed by atoms with van der Waals surface area (Å²) in [5, 5.41) is 2.88. The molecule has 3 rings (SSSR count). The SMILES string of the molecule is O=C(NCC1CCN(C(=O)CCS(=O)(=O)c2ccccc2)CC1)c1ccoc1. The highest BCUT2D eigenvalue weighted by Crippen LogP contribution is 2.18. The molecule has 8 heteroatoms. The molecule has 1 saturated heterocycles. The Labute approximate surface area is 164 Å². The monoisotopic (exact) mass is 404 g/mol. The van der Waals surface area contributed by atoms with Gasteiger partial charge >= 0.3 is 0 Å². The molecule has 0 atom stereocenters. The third-order valence-corrected chi connectivity index (χ3v) is 6.72. The molecule has 1 aromatic carbocycles. The van der Waals surface area contributed by atoms with E-state index in [-0.39, 0.29) is 28.9 Å². The highest BCUT2D eigenvalue weighted by molar-refractivity contribution is 7.91. The van der Waals surface area contributed by atoms with E-state index in [0.29, 0.717) is 31.1 Å². The number of furan rings is 1. The van der Waals surface area contributed by atoms with E-state index in [1.807, 2.05) is 0 Å². The quantitative estimate of drug-likeness (QED) is 0.762. The van der Waals surface area contributed by atoms with E-state index in [2.05, 4.69) is 5.32 Å². The molecule has 2 aromatic rings. The van der Waals surface area contributed by atoms with Gasteiger partial charge in [-0.15, -0.1) is 0 Å². The number of sulfone groups is 1. The largest absolute Gasteiger partial charge is 0.472 e. The number of likely N-dealkylation sites (tertiary alicyclic amines) is 1. The van der Waals surface area contributed by atoms with Crippen LogP contribution in [0.25, 0.3) is 0 Å². The minimum Gasteiger partial charge on any atom is -0.472 e. The summed E-state index contributed by atoms with van der Waals surface area (Å²) in [4.78, 5) is 26.3. The zero-order valence-electron chi connectivity index (χ0n) is 15.5. The van der Waals surface area contributed by atoms with Crippen LogP contribution in [0, 0.1) is 5.92 Å². The summed E-state index contributed by atoms with van der Waals surface area (Å²) >= 11 is 0. The number of hydrogen-bond acceptors (Lipinski definition) is 5.